The number of carbonyl (C=O) groups is 2. The summed E-state index contributed by atoms with van der Waals surface area (Å²) in [4.78, 5) is 27.1. The number of esters is 1. The molecule has 1 atom stereocenters. The number of para-hydroxylation sites is 1. The van der Waals surface area contributed by atoms with Crippen LogP contribution in [0.3, 0.4) is 0 Å². The molecule has 0 radical (unpaired) electrons. The molecule has 0 aliphatic heterocycles. The lowest BCUT2D eigenvalue weighted by atomic mass is 9.96. The van der Waals surface area contributed by atoms with Crippen molar-refractivity contribution in [3.05, 3.63) is 89.0 Å². The Bertz CT molecular complexity index is 1370. The Morgan fingerprint density at radius 2 is 1.62 bits per heavy atom. The molecule has 3 aromatic rings. The van der Waals surface area contributed by atoms with Crippen molar-refractivity contribution in [1.82, 2.24) is 0 Å². The molecule has 0 aromatic heterocycles. The van der Waals surface area contributed by atoms with Gasteiger partial charge in [-0.3, -0.25) is 4.79 Å². The fourth-order valence-electron chi connectivity index (χ4n) is 4.29. The number of aliphatic hydroxyl groups is 1. The Kier molecular flexibility index (Phi) is 10.6. The first-order valence-corrected chi connectivity index (χ1v) is 12.6. The first-order valence-electron chi connectivity index (χ1n) is 12.6. The Morgan fingerprint density at radius 1 is 0.875 bits per heavy atom. The third-order valence-electron chi connectivity index (χ3n) is 6.23. The van der Waals surface area contributed by atoms with E-state index in [0.29, 0.717) is 45.4 Å². The van der Waals surface area contributed by atoms with Crippen LogP contribution in [0.25, 0.3) is 0 Å². The molecule has 9 heteroatoms. The van der Waals surface area contributed by atoms with Crippen LogP contribution >= 0.6 is 0 Å². The zero-order valence-corrected chi connectivity index (χ0v) is 23.6. The molecule has 0 saturated carbocycles. The van der Waals surface area contributed by atoms with E-state index in [9.17, 15) is 14.7 Å². The van der Waals surface area contributed by atoms with E-state index in [0.717, 1.165) is 17.7 Å². The quantitative estimate of drug-likeness (QED) is 0.255. The molecule has 9 nitrogen and oxygen atoms in total. The maximum atomic E-state index is 13.6. The van der Waals surface area contributed by atoms with Gasteiger partial charge in [-0.1, -0.05) is 29.8 Å². The summed E-state index contributed by atoms with van der Waals surface area (Å²) in [6.45, 7) is 3.82. The minimum Gasteiger partial charge on any atom is -0.497 e. The number of hydrogen-bond donors (Lipinski definition) is 1. The zero-order chi connectivity index (χ0) is 29.2. The molecule has 212 valence electrons. The minimum absolute atomic E-state index is 0.0667. The van der Waals surface area contributed by atoms with E-state index in [1.165, 1.54) is 26.2 Å². The Balaban J connectivity index is 2.17. The number of hydrogen-bond acceptors (Lipinski definition) is 8. The van der Waals surface area contributed by atoms with Crippen LogP contribution in [0.5, 0.6) is 23.0 Å². The predicted molar refractivity (Wildman–Crippen MR) is 151 cm³/mol. The topological polar surface area (TPSA) is 104 Å². The number of methoxy groups -OCH3 is 4. The smallest absolute Gasteiger partial charge is 0.330 e. The number of aliphatic hydroxyl groups excluding tert-OH is 1. The molecule has 1 N–H and O–H groups in total. The van der Waals surface area contributed by atoms with Gasteiger partial charge in [-0.25, -0.2) is 4.79 Å². The van der Waals surface area contributed by atoms with Gasteiger partial charge in [0.15, 0.2) is 11.5 Å². The number of carbonyl (C=O) groups excluding carboxylic acids is 2. The van der Waals surface area contributed by atoms with E-state index in [-0.39, 0.29) is 13.2 Å². The van der Waals surface area contributed by atoms with Gasteiger partial charge in [0, 0.05) is 34.9 Å². The van der Waals surface area contributed by atoms with Crippen LogP contribution in [0.2, 0.25) is 0 Å². The molecule has 0 bridgehead atoms. The van der Waals surface area contributed by atoms with E-state index in [1.54, 1.807) is 62.6 Å². The number of ether oxygens (including phenoxy) is 5. The van der Waals surface area contributed by atoms with Crippen LogP contribution in [0.1, 0.15) is 35.3 Å². The minimum atomic E-state index is -1.18. The number of benzene rings is 3. The van der Waals surface area contributed by atoms with Crippen LogP contribution in [-0.2, 0) is 20.9 Å². The molecule has 0 heterocycles. The summed E-state index contributed by atoms with van der Waals surface area (Å²) in [6.07, 6.45) is 1.05. The fourth-order valence-corrected chi connectivity index (χ4v) is 4.29. The number of nitrogens with zero attached hydrogens (tertiary/aromatic N) is 1. The molecule has 0 fully saturated rings. The van der Waals surface area contributed by atoms with E-state index in [1.807, 2.05) is 13.0 Å². The van der Waals surface area contributed by atoms with Gasteiger partial charge in [0.05, 0.1) is 47.3 Å². The molecule has 3 aromatic carbocycles. The second-order valence-corrected chi connectivity index (χ2v) is 8.74. The lowest BCUT2D eigenvalue weighted by Crippen LogP contribution is -2.30. The standard InChI is InChI=1S/C31H35NO8/c1-7-40-29(34)16-15-28(33)32(19-21-12-13-22(36-3)18-27(21)38-5)25-14-11-20(2)17-24(25)30(35)23-9-8-10-26(37-4)31(23)39-6/h8-18,30,35H,7,19H2,1-6H3/b16-15+. The Morgan fingerprint density at radius 3 is 2.27 bits per heavy atom. The predicted octanol–water partition coefficient (Wildman–Crippen LogP) is 4.76. The summed E-state index contributed by atoms with van der Waals surface area (Å²) in [6, 6.07) is 15.9. The first kappa shape index (κ1) is 30.0. The van der Waals surface area contributed by atoms with Gasteiger partial charge in [0.25, 0.3) is 5.91 Å². The summed E-state index contributed by atoms with van der Waals surface area (Å²) in [5, 5.41) is 11.7. The number of anilines is 1. The monoisotopic (exact) mass is 549 g/mol. The second-order valence-electron chi connectivity index (χ2n) is 8.74. The third kappa shape index (κ3) is 6.92. The summed E-state index contributed by atoms with van der Waals surface area (Å²) >= 11 is 0. The van der Waals surface area contributed by atoms with Crippen LogP contribution in [0, 0.1) is 6.92 Å². The molecule has 1 unspecified atom stereocenters. The van der Waals surface area contributed by atoms with Crippen molar-refractivity contribution in [2.75, 3.05) is 39.9 Å². The molecular weight excluding hydrogens is 514 g/mol. The van der Waals surface area contributed by atoms with Gasteiger partial charge < -0.3 is 33.7 Å². The van der Waals surface area contributed by atoms with Crippen molar-refractivity contribution in [3.63, 3.8) is 0 Å². The maximum absolute atomic E-state index is 13.6. The van der Waals surface area contributed by atoms with Gasteiger partial charge in [0.2, 0.25) is 0 Å². The maximum Gasteiger partial charge on any atom is 0.330 e. The van der Waals surface area contributed by atoms with E-state index in [2.05, 4.69) is 0 Å². The lowest BCUT2D eigenvalue weighted by molar-refractivity contribution is -0.137. The molecular formula is C31H35NO8. The molecule has 1 amide bonds. The average molecular weight is 550 g/mol. The molecule has 40 heavy (non-hydrogen) atoms. The van der Waals surface area contributed by atoms with Crippen LogP contribution < -0.4 is 23.8 Å². The van der Waals surface area contributed by atoms with E-state index < -0.39 is 18.0 Å². The van der Waals surface area contributed by atoms with Crippen LogP contribution in [-0.4, -0.2) is 52.0 Å². The first-order chi connectivity index (χ1) is 19.3. The highest BCUT2D eigenvalue weighted by Gasteiger charge is 2.26. The molecule has 0 aliphatic rings. The highest BCUT2D eigenvalue weighted by Crippen LogP contribution is 2.41. The van der Waals surface area contributed by atoms with Gasteiger partial charge >= 0.3 is 5.97 Å². The number of amides is 1. The Labute approximate surface area is 234 Å². The van der Waals surface area contributed by atoms with E-state index >= 15 is 0 Å². The fraction of sp³-hybridized carbons (Fsp3) is 0.290. The van der Waals surface area contributed by atoms with Crippen molar-refractivity contribution in [3.8, 4) is 23.0 Å². The van der Waals surface area contributed by atoms with Crippen molar-refractivity contribution in [1.29, 1.82) is 0 Å². The SMILES string of the molecule is CCOC(=O)/C=C/C(=O)N(Cc1ccc(OC)cc1OC)c1ccc(C)cc1C(O)c1cccc(OC)c1OC. The third-order valence-corrected chi connectivity index (χ3v) is 6.23. The molecule has 0 aliphatic carbocycles. The van der Waals surface area contributed by atoms with E-state index in [4.69, 9.17) is 23.7 Å². The summed E-state index contributed by atoms with van der Waals surface area (Å²) < 4.78 is 26.8. The highest BCUT2D eigenvalue weighted by molar-refractivity contribution is 6.04. The average Bonchev–Trinajstić information content (AvgIpc) is 2.98. The zero-order valence-electron chi connectivity index (χ0n) is 23.6. The number of aryl methyl sites for hydroxylation is 1. The molecule has 0 saturated heterocycles. The van der Waals surface area contributed by atoms with Crippen molar-refractivity contribution in [2.24, 2.45) is 0 Å². The van der Waals surface area contributed by atoms with Crippen LogP contribution in [0.4, 0.5) is 5.69 Å². The molecule has 0 spiro atoms. The largest absolute Gasteiger partial charge is 0.497 e. The normalized spacial score (nSPS) is 11.6. The summed E-state index contributed by atoms with van der Waals surface area (Å²) in [5.41, 5.74) is 2.90. The highest BCUT2D eigenvalue weighted by atomic mass is 16.5. The second kappa shape index (κ2) is 14.0. The lowest BCUT2D eigenvalue weighted by Gasteiger charge is -2.28. The van der Waals surface area contributed by atoms with Gasteiger partial charge in [0.1, 0.15) is 17.6 Å². The van der Waals surface area contributed by atoms with Crippen molar-refractivity contribution >= 4 is 17.6 Å². The van der Waals surface area contributed by atoms with Crippen molar-refractivity contribution in [2.45, 2.75) is 26.5 Å². The van der Waals surface area contributed by atoms with Gasteiger partial charge in [-0.2, -0.15) is 0 Å². The summed E-state index contributed by atoms with van der Waals surface area (Å²) in [5.74, 6) is 0.805. The van der Waals surface area contributed by atoms with Crippen LogP contribution in [0.15, 0.2) is 66.7 Å². The van der Waals surface area contributed by atoms with Gasteiger partial charge in [-0.05, 0) is 38.1 Å². The van der Waals surface area contributed by atoms with Crippen molar-refractivity contribution < 1.29 is 38.4 Å². The Hall–Kier alpha value is -4.50. The summed E-state index contributed by atoms with van der Waals surface area (Å²) in [7, 11) is 6.10. The number of rotatable bonds is 12. The molecule has 3 rings (SSSR count). The van der Waals surface area contributed by atoms with Gasteiger partial charge in [-0.15, -0.1) is 0 Å².